The van der Waals surface area contributed by atoms with Gasteiger partial charge in [0.1, 0.15) is 0 Å². The van der Waals surface area contributed by atoms with Crippen LogP contribution in [0.25, 0.3) is 0 Å². The van der Waals surface area contributed by atoms with Crippen molar-refractivity contribution in [1.29, 1.82) is 0 Å². The van der Waals surface area contributed by atoms with Crippen molar-refractivity contribution in [1.82, 2.24) is 0 Å². The number of allylic oxidation sites excluding steroid dienone is 2. The minimum Gasteiger partial charge on any atom is -0.405 e. The van der Waals surface area contributed by atoms with E-state index in [0.29, 0.717) is 12.8 Å². The maximum absolute atomic E-state index is 11.2. The molecule has 4 N–H and O–H groups in total. The van der Waals surface area contributed by atoms with Gasteiger partial charge in [-0.05, 0) is 25.2 Å². The van der Waals surface area contributed by atoms with Crippen LogP contribution in [0.15, 0.2) is 24.6 Å². The van der Waals surface area contributed by atoms with Crippen molar-refractivity contribution in [2.24, 2.45) is 11.5 Å². The Balaban J connectivity index is 3.81. The van der Waals surface area contributed by atoms with Gasteiger partial charge < -0.3 is 11.5 Å². The average molecular weight is 204 g/mol. The average Bonchev–Trinajstić information content (AvgIpc) is 2.05. The van der Waals surface area contributed by atoms with Crippen LogP contribution >= 0.6 is 0 Å². The first-order chi connectivity index (χ1) is 6.12. The molecule has 0 aliphatic heterocycles. The predicted molar refractivity (Wildman–Crippen MR) is 54.5 cm³/mol. The molecule has 0 bridgehead atoms. The lowest BCUT2D eigenvalue weighted by atomic mass is 10.5. The lowest BCUT2D eigenvalue weighted by Gasteiger charge is -1.98. The fourth-order valence-electron chi connectivity index (χ4n) is 0.790. The van der Waals surface area contributed by atoms with E-state index in [1.165, 1.54) is 12.4 Å². The summed E-state index contributed by atoms with van der Waals surface area (Å²) in [5.74, 6) is 0.304. The zero-order valence-electron chi connectivity index (χ0n) is 7.52. The number of rotatable bonds is 6. The second-order valence-corrected chi connectivity index (χ2v) is 4.89. The first-order valence-electron chi connectivity index (χ1n) is 4.06. The Labute approximate surface area is 79.2 Å². The second-order valence-electron chi connectivity index (χ2n) is 2.59. The molecule has 0 saturated heterocycles. The number of nitrogens with two attached hydrogens (primary N) is 2. The summed E-state index contributed by atoms with van der Waals surface area (Å²) < 4.78 is 22.5. The fraction of sp³-hybridized carbons (Fsp3) is 0.500. The van der Waals surface area contributed by atoms with Crippen LogP contribution in [0.4, 0.5) is 0 Å². The summed E-state index contributed by atoms with van der Waals surface area (Å²) in [6, 6.07) is 0. The maximum Gasteiger partial charge on any atom is 0.150 e. The minimum absolute atomic E-state index is 0.152. The Morgan fingerprint density at radius 2 is 1.31 bits per heavy atom. The molecule has 0 radical (unpaired) electrons. The molecular weight excluding hydrogens is 188 g/mol. The number of hydrogen-bond donors (Lipinski definition) is 2. The summed E-state index contributed by atoms with van der Waals surface area (Å²) in [7, 11) is -2.94. The third-order valence-electron chi connectivity index (χ3n) is 1.46. The van der Waals surface area contributed by atoms with Crippen LogP contribution in [-0.4, -0.2) is 19.9 Å². The second kappa shape index (κ2) is 6.54. The van der Waals surface area contributed by atoms with Gasteiger partial charge in [0, 0.05) is 0 Å². The first kappa shape index (κ1) is 12.0. The van der Waals surface area contributed by atoms with Gasteiger partial charge in [-0.15, -0.1) is 0 Å². The van der Waals surface area contributed by atoms with Crippen molar-refractivity contribution < 1.29 is 8.42 Å². The molecule has 5 heteroatoms. The van der Waals surface area contributed by atoms with Gasteiger partial charge in [-0.25, -0.2) is 8.42 Å². The van der Waals surface area contributed by atoms with E-state index in [2.05, 4.69) is 0 Å². The van der Waals surface area contributed by atoms with Gasteiger partial charge in [0.2, 0.25) is 0 Å². The largest absolute Gasteiger partial charge is 0.405 e. The molecular formula is C8H16N2O2S. The first-order valence-corrected chi connectivity index (χ1v) is 5.88. The van der Waals surface area contributed by atoms with E-state index in [9.17, 15) is 8.42 Å². The van der Waals surface area contributed by atoms with Crippen molar-refractivity contribution in [3.05, 3.63) is 24.6 Å². The minimum atomic E-state index is -2.94. The zero-order chi connectivity index (χ0) is 10.2. The van der Waals surface area contributed by atoms with E-state index in [-0.39, 0.29) is 11.5 Å². The molecule has 0 spiro atoms. The van der Waals surface area contributed by atoms with Crippen molar-refractivity contribution in [3.63, 3.8) is 0 Å². The van der Waals surface area contributed by atoms with Crippen LogP contribution in [0, 0.1) is 0 Å². The van der Waals surface area contributed by atoms with E-state index < -0.39 is 9.84 Å². The van der Waals surface area contributed by atoms with Crippen LogP contribution in [0.1, 0.15) is 12.8 Å². The highest BCUT2D eigenvalue weighted by atomic mass is 32.2. The molecule has 0 atom stereocenters. The fourth-order valence-corrected chi connectivity index (χ4v) is 1.98. The highest BCUT2D eigenvalue weighted by molar-refractivity contribution is 7.91. The normalized spacial score (nSPS) is 12.9. The van der Waals surface area contributed by atoms with Crippen LogP contribution < -0.4 is 11.5 Å². The van der Waals surface area contributed by atoms with Gasteiger partial charge in [0.25, 0.3) is 0 Å². The molecule has 0 aliphatic carbocycles. The maximum atomic E-state index is 11.2. The summed E-state index contributed by atoms with van der Waals surface area (Å²) in [6.45, 7) is 0. The Hall–Kier alpha value is -0.970. The molecule has 0 saturated carbocycles. The molecule has 0 heterocycles. The molecule has 0 rings (SSSR count). The molecule has 0 aromatic carbocycles. The van der Waals surface area contributed by atoms with Crippen molar-refractivity contribution >= 4 is 9.84 Å². The summed E-state index contributed by atoms with van der Waals surface area (Å²) in [4.78, 5) is 0. The molecule has 0 aliphatic rings. The number of sulfone groups is 1. The van der Waals surface area contributed by atoms with Gasteiger partial charge >= 0.3 is 0 Å². The van der Waals surface area contributed by atoms with Gasteiger partial charge in [0.05, 0.1) is 11.5 Å². The third-order valence-corrected chi connectivity index (χ3v) is 3.18. The predicted octanol–water partition coefficient (Wildman–Crippen LogP) is 0.126. The Bertz CT molecular complexity index is 246. The van der Waals surface area contributed by atoms with E-state index >= 15 is 0 Å². The Morgan fingerprint density at radius 1 is 0.923 bits per heavy atom. The molecule has 76 valence electrons. The SMILES string of the molecule is NC=CCCS(=O)(=O)CCC=CN. The highest BCUT2D eigenvalue weighted by Gasteiger charge is 2.07. The Morgan fingerprint density at radius 3 is 1.62 bits per heavy atom. The summed E-state index contributed by atoms with van der Waals surface area (Å²) in [5, 5.41) is 0. The number of hydrogen-bond acceptors (Lipinski definition) is 4. The van der Waals surface area contributed by atoms with Gasteiger partial charge in [-0.1, -0.05) is 12.2 Å². The standard InChI is InChI=1S/C8H16N2O2S/c9-5-1-3-7-13(11,12)8-4-2-6-10/h1-2,5-6H,3-4,7-10H2. The van der Waals surface area contributed by atoms with Crippen molar-refractivity contribution in [2.75, 3.05) is 11.5 Å². The monoisotopic (exact) mass is 204 g/mol. The van der Waals surface area contributed by atoms with Gasteiger partial charge in [0.15, 0.2) is 9.84 Å². The molecule has 0 fully saturated rings. The van der Waals surface area contributed by atoms with Crippen LogP contribution in [0.5, 0.6) is 0 Å². The molecule has 13 heavy (non-hydrogen) atoms. The molecule has 0 unspecified atom stereocenters. The lowest BCUT2D eigenvalue weighted by Crippen LogP contribution is -2.10. The Kier molecular flexibility index (Phi) is 6.05. The topological polar surface area (TPSA) is 86.2 Å². The molecule has 0 amide bonds. The summed E-state index contributed by atoms with van der Waals surface area (Å²) in [5.41, 5.74) is 10.2. The molecule has 0 aromatic heterocycles. The highest BCUT2D eigenvalue weighted by Crippen LogP contribution is 1.98. The van der Waals surface area contributed by atoms with Gasteiger partial charge in [-0.2, -0.15) is 0 Å². The van der Waals surface area contributed by atoms with E-state index in [4.69, 9.17) is 11.5 Å². The van der Waals surface area contributed by atoms with E-state index in [1.54, 1.807) is 12.2 Å². The summed E-state index contributed by atoms with van der Waals surface area (Å²) >= 11 is 0. The molecule has 0 aromatic rings. The van der Waals surface area contributed by atoms with E-state index in [1.807, 2.05) is 0 Å². The van der Waals surface area contributed by atoms with Crippen LogP contribution in [0.2, 0.25) is 0 Å². The summed E-state index contributed by atoms with van der Waals surface area (Å²) in [6.07, 6.45) is 6.94. The lowest BCUT2D eigenvalue weighted by molar-refractivity contribution is 0.595. The third kappa shape index (κ3) is 7.39. The zero-order valence-corrected chi connectivity index (χ0v) is 8.33. The molecule has 4 nitrogen and oxygen atoms in total. The van der Waals surface area contributed by atoms with E-state index in [0.717, 1.165) is 0 Å². The van der Waals surface area contributed by atoms with Crippen LogP contribution in [0.3, 0.4) is 0 Å². The van der Waals surface area contributed by atoms with Gasteiger partial charge in [-0.3, -0.25) is 0 Å². The smallest absolute Gasteiger partial charge is 0.150 e. The van der Waals surface area contributed by atoms with Crippen molar-refractivity contribution in [3.8, 4) is 0 Å². The van der Waals surface area contributed by atoms with Crippen LogP contribution in [-0.2, 0) is 9.84 Å². The van der Waals surface area contributed by atoms with Crippen molar-refractivity contribution in [2.45, 2.75) is 12.8 Å². The quantitative estimate of drug-likeness (QED) is 0.643.